The van der Waals surface area contributed by atoms with Gasteiger partial charge in [-0.3, -0.25) is 9.59 Å². The summed E-state index contributed by atoms with van der Waals surface area (Å²) in [6, 6.07) is 6.86. The van der Waals surface area contributed by atoms with Crippen molar-refractivity contribution in [3.8, 4) is 0 Å². The highest BCUT2D eigenvalue weighted by Crippen LogP contribution is 2.40. The van der Waals surface area contributed by atoms with Gasteiger partial charge in [0.15, 0.2) is 11.3 Å². The summed E-state index contributed by atoms with van der Waals surface area (Å²) in [6.45, 7) is 1.83. The third-order valence-electron chi connectivity index (χ3n) is 4.11. The number of nitrogens with zero attached hydrogens (tertiary/aromatic N) is 4. The average molecular weight is 330 g/mol. The summed E-state index contributed by atoms with van der Waals surface area (Å²) in [4.78, 5) is 49.1. The second-order valence-corrected chi connectivity index (χ2v) is 5.67. The lowest BCUT2D eigenvalue weighted by atomic mass is 9.92. The van der Waals surface area contributed by atoms with Gasteiger partial charge in [-0.1, -0.05) is 12.1 Å². The zero-order chi connectivity index (χ0) is 17.5. The largest absolute Gasteiger partial charge is 0.464 e. The summed E-state index contributed by atoms with van der Waals surface area (Å²) in [7, 11) is 1.16. The minimum absolute atomic E-state index is 0.121. The zero-order valence-corrected chi connectivity index (χ0v) is 13.1. The third-order valence-corrected chi connectivity index (χ3v) is 4.11. The number of ether oxygens (including phenoxy) is 1. The van der Waals surface area contributed by atoms with Gasteiger partial charge in [-0.25, -0.2) is 9.69 Å². The fourth-order valence-electron chi connectivity index (χ4n) is 2.97. The van der Waals surface area contributed by atoms with Crippen molar-refractivity contribution in [3.05, 3.63) is 34.7 Å². The fraction of sp³-hybridized carbons (Fsp3) is 0.333. The van der Waals surface area contributed by atoms with Crippen LogP contribution in [0.3, 0.4) is 0 Å². The molecule has 0 unspecified atom stereocenters. The van der Waals surface area contributed by atoms with Crippen LogP contribution >= 0.6 is 0 Å². The van der Waals surface area contributed by atoms with Crippen LogP contribution in [0.5, 0.6) is 0 Å². The molecule has 1 aromatic rings. The number of methoxy groups -OCH3 is 1. The molecule has 1 atom stereocenters. The second kappa shape index (κ2) is 5.52. The molecule has 0 aromatic heterocycles. The van der Waals surface area contributed by atoms with Gasteiger partial charge in [-0.15, -0.1) is 15.1 Å². The SMILES string of the molecule is COC(=O)C1=NN(N=O)[C@@]2(CC(=O)N(c3cccc(C)c3)C2=O)C1. The molecular weight excluding hydrogens is 316 g/mol. The average Bonchev–Trinajstić information content (AvgIpc) is 3.05. The Kier molecular flexibility index (Phi) is 3.63. The van der Waals surface area contributed by atoms with E-state index in [4.69, 9.17) is 0 Å². The predicted molar refractivity (Wildman–Crippen MR) is 82.7 cm³/mol. The van der Waals surface area contributed by atoms with E-state index in [1.807, 2.05) is 13.0 Å². The van der Waals surface area contributed by atoms with Crippen molar-refractivity contribution in [2.75, 3.05) is 12.0 Å². The number of esters is 1. The lowest BCUT2D eigenvalue weighted by molar-refractivity contribution is -0.132. The Hall–Kier alpha value is -3.10. The first kappa shape index (κ1) is 15.8. The number of aryl methyl sites for hydroxylation is 1. The first-order valence-corrected chi connectivity index (χ1v) is 7.16. The topological polar surface area (TPSA) is 109 Å². The molecule has 1 saturated heterocycles. The molecule has 2 amide bonds. The Labute approximate surface area is 136 Å². The second-order valence-electron chi connectivity index (χ2n) is 5.67. The summed E-state index contributed by atoms with van der Waals surface area (Å²) < 4.78 is 4.57. The number of carbonyl (C=O) groups excluding carboxylic acids is 3. The van der Waals surface area contributed by atoms with Gasteiger partial charge in [0.25, 0.3) is 5.91 Å². The van der Waals surface area contributed by atoms with E-state index in [1.165, 1.54) is 0 Å². The van der Waals surface area contributed by atoms with Crippen LogP contribution in [-0.2, 0) is 19.1 Å². The number of anilines is 1. The number of hydrogen-bond donors (Lipinski definition) is 0. The van der Waals surface area contributed by atoms with E-state index in [0.717, 1.165) is 17.6 Å². The van der Waals surface area contributed by atoms with Crippen LogP contribution in [0.2, 0.25) is 0 Å². The Balaban J connectivity index is 1.99. The van der Waals surface area contributed by atoms with Gasteiger partial charge < -0.3 is 4.74 Å². The summed E-state index contributed by atoms with van der Waals surface area (Å²) in [6.07, 6.45) is -0.506. The van der Waals surface area contributed by atoms with Crippen LogP contribution in [0.1, 0.15) is 18.4 Å². The van der Waals surface area contributed by atoms with Gasteiger partial charge in [-0.05, 0) is 24.6 Å². The molecule has 9 nitrogen and oxygen atoms in total. The molecule has 0 aliphatic carbocycles. The predicted octanol–water partition coefficient (Wildman–Crippen LogP) is 0.913. The number of hydrogen-bond acceptors (Lipinski definition) is 7. The van der Waals surface area contributed by atoms with Gasteiger partial charge in [0.05, 0.1) is 24.5 Å². The Morgan fingerprint density at radius 2 is 2.08 bits per heavy atom. The molecule has 1 aromatic carbocycles. The maximum atomic E-state index is 12.9. The van der Waals surface area contributed by atoms with Crippen molar-refractivity contribution < 1.29 is 19.1 Å². The minimum Gasteiger partial charge on any atom is -0.464 e. The van der Waals surface area contributed by atoms with Crippen LogP contribution in [0.25, 0.3) is 0 Å². The lowest BCUT2D eigenvalue weighted by Crippen LogP contribution is -2.48. The maximum absolute atomic E-state index is 12.9. The van der Waals surface area contributed by atoms with E-state index in [0.29, 0.717) is 10.8 Å². The first-order chi connectivity index (χ1) is 11.4. The molecule has 2 heterocycles. The van der Waals surface area contributed by atoms with Gasteiger partial charge in [0, 0.05) is 6.42 Å². The Morgan fingerprint density at radius 3 is 2.71 bits per heavy atom. The fourth-order valence-corrected chi connectivity index (χ4v) is 2.97. The zero-order valence-electron chi connectivity index (χ0n) is 13.1. The number of hydrazone groups is 1. The van der Waals surface area contributed by atoms with E-state index in [1.54, 1.807) is 18.2 Å². The molecule has 1 fully saturated rings. The molecule has 24 heavy (non-hydrogen) atoms. The lowest BCUT2D eigenvalue weighted by Gasteiger charge is -2.24. The molecule has 9 heteroatoms. The van der Waals surface area contributed by atoms with Crippen LogP contribution in [0.15, 0.2) is 34.7 Å². The van der Waals surface area contributed by atoms with Crippen molar-refractivity contribution in [2.45, 2.75) is 25.3 Å². The van der Waals surface area contributed by atoms with Crippen molar-refractivity contribution >= 4 is 29.2 Å². The normalized spacial score (nSPS) is 23.0. The number of nitroso groups, excluding NO2 is 1. The Morgan fingerprint density at radius 1 is 1.33 bits per heavy atom. The number of benzene rings is 1. The summed E-state index contributed by atoms with van der Waals surface area (Å²) in [5, 5.41) is 7.05. The molecule has 0 N–H and O–H groups in total. The molecular formula is C15H14N4O5. The van der Waals surface area contributed by atoms with E-state index < -0.39 is 23.3 Å². The summed E-state index contributed by atoms with van der Waals surface area (Å²) in [5.41, 5.74) is -0.451. The highest BCUT2D eigenvalue weighted by Gasteiger charge is 2.61. The molecule has 0 radical (unpaired) electrons. The summed E-state index contributed by atoms with van der Waals surface area (Å²) >= 11 is 0. The monoisotopic (exact) mass is 330 g/mol. The van der Waals surface area contributed by atoms with Crippen molar-refractivity contribution in [3.63, 3.8) is 0 Å². The van der Waals surface area contributed by atoms with Gasteiger partial charge in [0.1, 0.15) is 0 Å². The minimum atomic E-state index is -1.61. The van der Waals surface area contributed by atoms with Crippen molar-refractivity contribution in [1.82, 2.24) is 5.12 Å². The number of amides is 2. The number of carbonyl (C=O) groups is 3. The molecule has 1 spiro atoms. The summed E-state index contributed by atoms with van der Waals surface area (Å²) in [5.74, 6) is -1.89. The number of rotatable bonds is 3. The van der Waals surface area contributed by atoms with Gasteiger partial charge >= 0.3 is 5.97 Å². The van der Waals surface area contributed by atoms with Gasteiger partial charge in [-0.2, -0.15) is 0 Å². The first-order valence-electron chi connectivity index (χ1n) is 7.16. The van der Waals surface area contributed by atoms with Crippen molar-refractivity contribution in [1.29, 1.82) is 0 Å². The van der Waals surface area contributed by atoms with Crippen LogP contribution in [0, 0.1) is 11.8 Å². The highest BCUT2D eigenvalue weighted by molar-refractivity contribution is 6.39. The smallest absolute Gasteiger partial charge is 0.354 e. The van der Waals surface area contributed by atoms with Crippen LogP contribution in [0.4, 0.5) is 5.69 Å². The van der Waals surface area contributed by atoms with Crippen LogP contribution < -0.4 is 4.90 Å². The molecule has 124 valence electrons. The van der Waals surface area contributed by atoms with E-state index in [2.05, 4.69) is 15.1 Å². The Bertz CT molecular complexity index is 790. The van der Waals surface area contributed by atoms with E-state index >= 15 is 0 Å². The molecule has 3 rings (SSSR count). The van der Waals surface area contributed by atoms with Gasteiger partial charge in [0.2, 0.25) is 5.91 Å². The standard InChI is InChI=1S/C15H14N4O5/c1-9-4-3-5-10(6-9)18-12(20)8-15(14(18)22)7-11(13(21)24-2)16-19(15)17-23/h3-6H,7-8H2,1-2H3/t15-/m1/s1. The molecule has 2 aliphatic rings. The van der Waals surface area contributed by atoms with Crippen LogP contribution in [-0.4, -0.2) is 41.3 Å². The molecule has 0 saturated carbocycles. The van der Waals surface area contributed by atoms with E-state index in [-0.39, 0.29) is 18.6 Å². The molecule has 0 bridgehead atoms. The number of imide groups is 1. The maximum Gasteiger partial charge on any atom is 0.354 e. The highest BCUT2D eigenvalue weighted by atomic mass is 16.5. The third kappa shape index (κ3) is 2.16. The van der Waals surface area contributed by atoms with Crippen molar-refractivity contribution in [2.24, 2.45) is 10.4 Å². The van der Waals surface area contributed by atoms with E-state index in [9.17, 15) is 19.3 Å². The quantitative estimate of drug-likeness (QED) is 0.463. The molecule has 2 aliphatic heterocycles.